The number of piperazine rings is 1. The van der Waals surface area contributed by atoms with Crippen molar-refractivity contribution in [1.82, 2.24) is 30.0 Å². The number of amides is 3. The maximum absolute atomic E-state index is 13.4. The molecule has 5 aromatic rings. The number of aromatic nitrogens is 4. The van der Waals surface area contributed by atoms with Crippen LogP contribution >= 0.6 is 36.4 Å². The normalized spacial score (nSPS) is 16.1. The predicted molar refractivity (Wildman–Crippen MR) is 212 cm³/mol. The number of carbonyl (C=O) groups is 3. The van der Waals surface area contributed by atoms with Crippen LogP contribution in [0.5, 0.6) is 0 Å². The Morgan fingerprint density at radius 1 is 0.962 bits per heavy atom. The van der Waals surface area contributed by atoms with Gasteiger partial charge in [0.1, 0.15) is 22.7 Å². The van der Waals surface area contributed by atoms with E-state index in [4.69, 9.17) is 21.6 Å². The summed E-state index contributed by atoms with van der Waals surface area (Å²) in [5.74, 6) is 1.72. The van der Waals surface area contributed by atoms with E-state index in [1.165, 1.54) is 4.88 Å². The lowest BCUT2D eigenvalue weighted by Gasteiger charge is -2.35. The van der Waals surface area contributed by atoms with Gasteiger partial charge in [0.25, 0.3) is 0 Å². The minimum Gasteiger partial charge on any atom is -0.353 e. The van der Waals surface area contributed by atoms with Gasteiger partial charge in [-0.1, -0.05) is 29.8 Å². The highest BCUT2D eigenvalue weighted by Gasteiger charge is 2.33. The van der Waals surface area contributed by atoms with Crippen molar-refractivity contribution < 1.29 is 14.4 Å². The molecule has 8 rings (SSSR count). The van der Waals surface area contributed by atoms with E-state index in [2.05, 4.69) is 39.6 Å². The van der Waals surface area contributed by atoms with Gasteiger partial charge >= 0.3 is 0 Å². The first-order valence-corrected chi connectivity index (χ1v) is 18.4. The van der Waals surface area contributed by atoms with E-state index < -0.39 is 6.04 Å². The van der Waals surface area contributed by atoms with Crippen LogP contribution in [-0.4, -0.2) is 80.8 Å². The number of fused-ring (bicyclic) bond motifs is 4. The number of anilines is 2. The smallest absolute Gasteiger partial charge is 0.242 e. The average Bonchev–Trinajstić information content (AvgIpc) is 3.79. The molecule has 12 nitrogen and oxygen atoms in total. The Kier molecular flexibility index (Phi) is 10.1. The highest BCUT2D eigenvalue weighted by molar-refractivity contribution is 7.59. The van der Waals surface area contributed by atoms with Crippen LogP contribution in [-0.2, 0) is 20.8 Å². The number of aliphatic imine (C=N–C) groups is 1. The number of carbonyl (C=O) groups excluding carboxylic acids is 3. The summed E-state index contributed by atoms with van der Waals surface area (Å²) in [5, 5.41) is 16.1. The van der Waals surface area contributed by atoms with Crippen LogP contribution < -0.4 is 15.5 Å². The monoisotopic (exact) mass is 767 g/mol. The van der Waals surface area contributed by atoms with Crippen molar-refractivity contribution in [1.29, 1.82) is 0 Å². The van der Waals surface area contributed by atoms with Crippen LogP contribution in [0.25, 0.3) is 16.1 Å². The van der Waals surface area contributed by atoms with Gasteiger partial charge < -0.3 is 20.4 Å². The third-order valence-electron chi connectivity index (χ3n) is 9.94. The van der Waals surface area contributed by atoms with Gasteiger partial charge in [0.05, 0.1) is 25.1 Å². The molecule has 0 saturated carbocycles. The fraction of sp³-hybridized carbons (Fsp3) is 0.289. The maximum Gasteiger partial charge on any atom is 0.242 e. The van der Waals surface area contributed by atoms with Gasteiger partial charge in [-0.15, -0.1) is 21.5 Å². The summed E-state index contributed by atoms with van der Waals surface area (Å²) in [4.78, 5) is 53.3. The summed E-state index contributed by atoms with van der Waals surface area (Å²) < 4.78 is 2.01. The van der Waals surface area contributed by atoms with Crippen molar-refractivity contribution in [3.05, 3.63) is 105 Å². The van der Waals surface area contributed by atoms with E-state index in [-0.39, 0.29) is 44.2 Å². The van der Waals surface area contributed by atoms with E-state index in [0.717, 1.165) is 55.6 Å². The molecule has 3 aromatic heterocycles. The van der Waals surface area contributed by atoms with E-state index in [1.807, 2.05) is 72.3 Å². The molecule has 0 aliphatic carbocycles. The van der Waals surface area contributed by atoms with Crippen LogP contribution in [0.1, 0.15) is 51.2 Å². The summed E-state index contributed by atoms with van der Waals surface area (Å²) in [6.45, 7) is 8.25. The second-order valence-electron chi connectivity index (χ2n) is 13.3. The van der Waals surface area contributed by atoms with Gasteiger partial charge in [0.2, 0.25) is 17.7 Å². The Bertz CT molecular complexity index is 2260. The van der Waals surface area contributed by atoms with Gasteiger partial charge in [-0.3, -0.25) is 23.9 Å². The van der Waals surface area contributed by atoms with Crippen LogP contribution in [0.2, 0.25) is 5.02 Å². The number of benzene rings is 2. The SMILES string of the molecule is Cc1sc2c(c1C)C(c1ccc(Cl)cc1)=N[C@@H](CC(=O)NCC(=O)N1CCN(c3ccc(-c4ccc5c(c4)CC(=O)N5)cn3)CC1)c1nnc(C)n1-2.S. The van der Waals surface area contributed by atoms with E-state index in [0.29, 0.717) is 49.3 Å². The summed E-state index contributed by atoms with van der Waals surface area (Å²) >= 11 is 7.88. The molecule has 1 atom stereocenters. The molecule has 3 aliphatic rings. The molecule has 53 heavy (non-hydrogen) atoms. The summed E-state index contributed by atoms with van der Waals surface area (Å²) in [6.07, 6.45) is 2.24. The van der Waals surface area contributed by atoms with Crippen molar-refractivity contribution in [2.24, 2.45) is 4.99 Å². The third kappa shape index (κ3) is 7.06. The van der Waals surface area contributed by atoms with E-state index in [1.54, 1.807) is 16.2 Å². The summed E-state index contributed by atoms with van der Waals surface area (Å²) in [5.41, 5.74) is 7.62. The number of hydrogen-bond donors (Lipinski definition) is 2. The zero-order valence-corrected chi connectivity index (χ0v) is 32.0. The zero-order chi connectivity index (χ0) is 36.1. The Hall–Kier alpha value is -5.05. The Morgan fingerprint density at radius 3 is 2.43 bits per heavy atom. The molecular formula is C38H38ClN9O3S2. The highest BCUT2D eigenvalue weighted by Crippen LogP contribution is 2.39. The quantitative estimate of drug-likeness (QED) is 0.229. The van der Waals surface area contributed by atoms with Crippen LogP contribution in [0.3, 0.4) is 0 Å². The minimum atomic E-state index is -0.618. The van der Waals surface area contributed by atoms with Gasteiger partial charge in [0, 0.05) is 64.7 Å². The number of halogens is 1. The molecule has 3 amide bonds. The van der Waals surface area contributed by atoms with E-state index >= 15 is 0 Å². The van der Waals surface area contributed by atoms with Gasteiger partial charge in [-0.05, 0) is 73.9 Å². The van der Waals surface area contributed by atoms with Crippen LogP contribution in [0, 0.1) is 20.8 Å². The molecular weight excluding hydrogens is 730 g/mol. The molecule has 0 spiro atoms. The molecule has 0 unspecified atom stereocenters. The molecule has 0 bridgehead atoms. The number of rotatable bonds is 7. The lowest BCUT2D eigenvalue weighted by atomic mass is 9.99. The molecule has 2 aromatic carbocycles. The van der Waals surface area contributed by atoms with Crippen molar-refractivity contribution in [3.63, 3.8) is 0 Å². The Balaban J connectivity index is 0.00000435. The topological polar surface area (TPSA) is 138 Å². The molecule has 1 saturated heterocycles. The second-order valence-corrected chi connectivity index (χ2v) is 14.9. The fourth-order valence-corrected chi connectivity index (χ4v) is 8.34. The first kappa shape index (κ1) is 36.3. The highest BCUT2D eigenvalue weighted by atomic mass is 35.5. The molecule has 15 heteroatoms. The van der Waals surface area contributed by atoms with Crippen molar-refractivity contribution in [2.75, 3.05) is 42.9 Å². The van der Waals surface area contributed by atoms with Gasteiger partial charge in [-0.2, -0.15) is 13.5 Å². The molecule has 6 heterocycles. The lowest BCUT2D eigenvalue weighted by molar-refractivity contribution is -0.133. The zero-order valence-electron chi connectivity index (χ0n) is 29.4. The lowest BCUT2D eigenvalue weighted by Crippen LogP contribution is -2.51. The standard InChI is InChI=1S/C38H36ClN9O3S.H2S/c1-21-22(2)52-38-35(21)36(24-4-8-28(39)9-5-24)43-30(37-45-44-23(3)48(37)38)18-32(49)41-20-34(51)47-14-12-46(13-15-47)31-11-7-26(19-40-31)25-6-10-29-27(16-25)17-33(50)42-29;/h4-11,16,19,30H,12-15,17-18,20H2,1-3H3,(H,41,49)(H,42,50);1H2/t30-;/m0./s1. The number of hydrogen-bond acceptors (Lipinski definition) is 9. The molecule has 272 valence electrons. The number of pyridine rings is 1. The van der Waals surface area contributed by atoms with Crippen molar-refractivity contribution >= 4 is 71.4 Å². The average molecular weight is 768 g/mol. The molecule has 2 N–H and O–H groups in total. The first-order valence-electron chi connectivity index (χ1n) is 17.2. The van der Waals surface area contributed by atoms with Gasteiger partial charge in [0.15, 0.2) is 5.82 Å². The fourth-order valence-electron chi connectivity index (χ4n) is 7.00. The number of thiophene rings is 1. The van der Waals surface area contributed by atoms with Crippen LogP contribution in [0.4, 0.5) is 11.5 Å². The molecule has 0 radical (unpaired) electrons. The summed E-state index contributed by atoms with van der Waals surface area (Å²) in [6, 6.07) is 16.9. The number of nitrogens with zero attached hydrogens (tertiary/aromatic N) is 7. The number of nitrogens with one attached hydrogen (secondary N) is 2. The van der Waals surface area contributed by atoms with E-state index in [9.17, 15) is 14.4 Å². The Labute approximate surface area is 322 Å². The second kappa shape index (κ2) is 14.8. The largest absolute Gasteiger partial charge is 0.353 e. The number of aryl methyl sites for hydroxylation is 2. The first-order chi connectivity index (χ1) is 25.1. The summed E-state index contributed by atoms with van der Waals surface area (Å²) in [7, 11) is 0. The van der Waals surface area contributed by atoms with Crippen LogP contribution in [0.15, 0.2) is 65.8 Å². The van der Waals surface area contributed by atoms with Crippen molar-refractivity contribution in [3.8, 4) is 16.1 Å². The Morgan fingerprint density at radius 2 is 1.70 bits per heavy atom. The maximum atomic E-state index is 13.4. The van der Waals surface area contributed by atoms with Gasteiger partial charge in [-0.25, -0.2) is 4.98 Å². The minimum absolute atomic E-state index is 0. The third-order valence-corrected chi connectivity index (χ3v) is 11.4. The predicted octanol–water partition coefficient (Wildman–Crippen LogP) is 5.32. The van der Waals surface area contributed by atoms with Crippen molar-refractivity contribution in [2.45, 2.75) is 39.7 Å². The molecule has 3 aliphatic heterocycles. The molecule has 1 fully saturated rings.